The van der Waals surface area contributed by atoms with E-state index in [0.29, 0.717) is 5.56 Å². The molecule has 1 heterocycles. The number of aliphatic hydroxyl groups is 1. The maximum Gasteiger partial charge on any atom is 0.305 e. The third-order valence-electron chi connectivity index (χ3n) is 4.60. The van der Waals surface area contributed by atoms with Crippen molar-refractivity contribution in [3.63, 3.8) is 0 Å². The van der Waals surface area contributed by atoms with Crippen molar-refractivity contribution in [1.29, 1.82) is 0 Å². The van der Waals surface area contributed by atoms with Crippen molar-refractivity contribution in [3.05, 3.63) is 76.6 Å². The van der Waals surface area contributed by atoms with Crippen molar-refractivity contribution in [1.82, 2.24) is 4.90 Å². The first-order valence-electron chi connectivity index (χ1n) is 8.62. The SMILES string of the molecule is Cc1ccc(C(O)=C2C(=O)C(=O)N(CCC(=O)O)C2c2cccc(F)c2)cc1. The summed E-state index contributed by atoms with van der Waals surface area (Å²) in [6.45, 7) is 1.62. The molecule has 7 heteroatoms. The summed E-state index contributed by atoms with van der Waals surface area (Å²) in [6, 6.07) is 11.0. The van der Waals surface area contributed by atoms with Crippen molar-refractivity contribution in [2.75, 3.05) is 6.54 Å². The molecule has 0 bridgehead atoms. The van der Waals surface area contributed by atoms with Gasteiger partial charge in [0.2, 0.25) is 0 Å². The maximum absolute atomic E-state index is 13.8. The van der Waals surface area contributed by atoms with E-state index in [1.807, 2.05) is 6.92 Å². The average Bonchev–Trinajstić information content (AvgIpc) is 2.91. The molecular formula is C21H18FNO5. The highest BCUT2D eigenvalue weighted by Gasteiger charge is 2.46. The normalized spacial score (nSPS) is 18.5. The highest BCUT2D eigenvalue weighted by molar-refractivity contribution is 6.46. The number of aliphatic carboxylic acids is 1. The molecule has 2 N–H and O–H groups in total. The van der Waals surface area contributed by atoms with Crippen LogP contribution in [0.4, 0.5) is 4.39 Å². The molecule has 0 spiro atoms. The minimum Gasteiger partial charge on any atom is -0.507 e. The van der Waals surface area contributed by atoms with Crippen LogP contribution in [0.2, 0.25) is 0 Å². The summed E-state index contributed by atoms with van der Waals surface area (Å²) in [5, 5.41) is 19.7. The number of benzene rings is 2. The minimum atomic E-state index is -1.14. The second kappa shape index (κ2) is 7.64. The molecular weight excluding hydrogens is 365 g/mol. The summed E-state index contributed by atoms with van der Waals surface area (Å²) in [6.07, 6.45) is -0.386. The number of hydrogen-bond acceptors (Lipinski definition) is 4. The molecule has 1 aliphatic rings. The number of Topliss-reactive ketones (excluding diaryl/α,β-unsaturated/α-hetero) is 1. The lowest BCUT2D eigenvalue weighted by atomic mass is 9.95. The standard InChI is InChI=1S/C21H18FNO5/c1-12-5-7-13(8-6-12)19(26)17-18(14-3-2-4-15(22)11-14)23(10-9-16(24)25)21(28)20(17)27/h2-8,11,18,26H,9-10H2,1H3,(H,24,25). The van der Waals surface area contributed by atoms with Crippen LogP contribution in [0.3, 0.4) is 0 Å². The van der Waals surface area contributed by atoms with Gasteiger partial charge in [-0.15, -0.1) is 0 Å². The summed E-state index contributed by atoms with van der Waals surface area (Å²) in [5.41, 5.74) is 1.37. The highest BCUT2D eigenvalue weighted by atomic mass is 19.1. The van der Waals surface area contributed by atoms with E-state index in [9.17, 15) is 23.9 Å². The summed E-state index contributed by atoms with van der Waals surface area (Å²) < 4.78 is 13.8. The molecule has 0 saturated carbocycles. The van der Waals surface area contributed by atoms with Gasteiger partial charge in [-0.2, -0.15) is 0 Å². The van der Waals surface area contributed by atoms with Gasteiger partial charge in [-0.05, 0) is 24.6 Å². The van der Waals surface area contributed by atoms with E-state index in [1.165, 1.54) is 18.2 Å². The zero-order valence-corrected chi connectivity index (χ0v) is 15.1. The predicted octanol–water partition coefficient (Wildman–Crippen LogP) is 3.03. The molecule has 6 nitrogen and oxygen atoms in total. The maximum atomic E-state index is 13.8. The Hall–Kier alpha value is -3.48. The lowest BCUT2D eigenvalue weighted by molar-refractivity contribution is -0.142. The smallest absolute Gasteiger partial charge is 0.305 e. The van der Waals surface area contributed by atoms with E-state index >= 15 is 0 Å². The molecule has 1 aliphatic heterocycles. The Bertz CT molecular complexity index is 981. The van der Waals surface area contributed by atoms with E-state index in [4.69, 9.17) is 5.11 Å². The lowest BCUT2D eigenvalue weighted by Crippen LogP contribution is -2.31. The summed E-state index contributed by atoms with van der Waals surface area (Å²) in [7, 11) is 0. The number of aryl methyl sites for hydroxylation is 1. The van der Waals surface area contributed by atoms with Crippen LogP contribution in [0, 0.1) is 12.7 Å². The fourth-order valence-electron chi connectivity index (χ4n) is 3.22. The summed E-state index contributed by atoms with van der Waals surface area (Å²) in [5.74, 6) is -3.96. The van der Waals surface area contributed by atoms with Crippen LogP contribution in [0.25, 0.3) is 5.76 Å². The zero-order chi connectivity index (χ0) is 20.4. The van der Waals surface area contributed by atoms with E-state index in [2.05, 4.69) is 0 Å². The average molecular weight is 383 g/mol. The number of aliphatic hydroxyl groups excluding tert-OH is 1. The molecule has 28 heavy (non-hydrogen) atoms. The molecule has 2 aromatic carbocycles. The first kappa shape index (κ1) is 19.3. The zero-order valence-electron chi connectivity index (χ0n) is 15.1. The van der Waals surface area contributed by atoms with E-state index in [0.717, 1.165) is 16.5 Å². The molecule has 1 unspecified atom stereocenters. The fourth-order valence-corrected chi connectivity index (χ4v) is 3.22. The predicted molar refractivity (Wildman–Crippen MR) is 98.8 cm³/mol. The molecule has 3 rings (SSSR count). The van der Waals surface area contributed by atoms with E-state index < -0.39 is 29.5 Å². The van der Waals surface area contributed by atoms with Gasteiger partial charge in [0.1, 0.15) is 11.6 Å². The van der Waals surface area contributed by atoms with Gasteiger partial charge in [0.05, 0.1) is 18.0 Å². The van der Waals surface area contributed by atoms with E-state index in [-0.39, 0.29) is 29.9 Å². The summed E-state index contributed by atoms with van der Waals surface area (Å²) in [4.78, 5) is 37.2. The third kappa shape index (κ3) is 3.64. The molecule has 1 amide bonds. The number of carbonyl (C=O) groups is 3. The number of carboxylic acid groups (broad SMARTS) is 1. The molecule has 144 valence electrons. The van der Waals surface area contributed by atoms with Crippen molar-refractivity contribution in [3.8, 4) is 0 Å². The van der Waals surface area contributed by atoms with Crippen LogP contribution in [0.15, 0.2) is 54.1 Å². The largest absolute Gasteiger partial charge is 0.507 e. The van der Waals surface area contributed by atoms with Crippen LogP contribution in [-0.2, 0) is 14.4 Å². The Morgan fingerprint density at radius 3 is 2.39 bits per heavy atom. The van der Waals surface area contributed by atoms with Gasteiger partial charge in [0.15, 0.2) is 0 Å². The number of hydrogen-bond donors (Lipinski definition) is 2. The van der Waals surface area contributed by atoms with Gasteiger partial charge in [-0.1, -0.05) is 42.0 Å². The topological polar surface area (TPSA) is 94.9 Å². The van der Waals surface area contributed by atoms with Crippen molar-refractivity contribution in [2.24, 2.45) is 0 Å². The van der Waals surface area contributed by atoms with Crippen LogP contribution < -0.4 is 0 Å². The number of carboxylic acids is 1. The Kier molecular flexibility index (Phi) is 5.26. The first-order valence-corrected chi connectivity index (χ1v) is 8.62. The number of nitrogens with zero attached hydrogens (tertiary/aromatic N) is 1. The molecule has 1 atom stereocenters. The monoisotopic (exact) mass is 383 g/mol. The van der Waals surface area contributed by atoms with E-state index in [1.54, 1.807) is 24.3 Å². The van der Waals surface area contributed by atoms with Crippen LogP contribution in [0.1, 0.15) is 29.2 Å². The second-order valence-corrected chi connectivity index (χ2v) is 6.56. The van der Waals surface area contributed by atoms with Crippen LogP contribution in [-0.4, -0.2) is 39.3 Å². The van der Waals surface area contributed by atoms with Gasteiger partial charge < -0.3 is 15.1 Å². The van der Waals surface area contributed by atoms with Gasteiger partial charge in [0.25, 0.3) is 11.7 Å². The second-order valence-electron chi connectivity index (χ2n) is 6.56. The number of ketones is 1. The Morgan fingerprint density at radius 2 is 1.79 bits per heavy atom. The van der Waals surface area contributed by atoms with Crippen molar-refractivity contribution in [2.45, 2.75) is 19.4 Å². The minimum absolute atomic E-state index is 0.190. The Morgan fingerprint density at radius 1 is 1.11 bits per heavy atom. The van der Waals surface area contributed by atoms with Gasteiger partial charge in [-0.25, -0.2) is 4.39 Å². The quantitative estimate of drug-likeness (QED) is 0.470. The molecule has 0 aromatic heterocycles. The number of halogens is 1. The molecule has 0 radical (unpaired) electrons. The van der Waals surface area contributed by atoms with Crippen LogP contribution >= 0.6 is 0 Å². The van der Waals surface area contributed by atoms with Crippen molar-refractivity contribution >= 4 is 23.4 Å². The first-order chi connectivity index (χ1) is 13.3. The lowest BCUT2D eigenvalue weighted by Gasteiger charge is -2.24. The number of rotatable bonds is 5. The molecule has 0 aliphatic carbocycles. The van der Waals surface area contributed by atoms with Crippen LogP contribution in [0.5, 0.6) is 0 Å². The van der Waals surface area contributed by atoms with Gasteiger partial charge in [-0.3, -0.25) is 14.4 Å². The highest BCUT2D eigenvalue weighted by Crippen LogP contribution is 2.39. The number of likely N-dealkylation sites (tertiary alicyclic amines) is 1. The molecule has 2 aromatic rings. The van der Waals surface area contributed by atoms with Crippen molar-refractivity contribution < 1.29 is 29.0 Å². The Balaban J connectivity index is 2.16. The van der Waals surface area contributed by atoms with Gasteiger partial charge in [0, 0.05) is 12.1 Å². The summed E-state index contributed by atoms with van der Waals surface area (Å²) >= 11 is 0. The Labute approximate surface area is 160 Å². The fraction of sp³-hybridized carbons (Fsp3) is 0.190. The molecule has 1 fully saturated rings. The molecule has 1 saturated heterocycles. The number of carbonyl (C=O) groups excluding carboxylic acids is 2. The third-order valence-corrected chi connectivity index (χ3v) is 4.60. The number of amides is 1. The van der Waals surface area contributed by atoms with Gasteiger partial charge >= 0.3 is 5.97 Å².